The van der Waals surface area contributed by atoms with Crippen LogP contribution in [0.2, 0.25) is 5.62 Å². The molecule has 53 heteroatoms. The van der Waals surface area contributed by atoms with Gasteiger partial charge in [-0.1, -0.05) is 0 Å². The summed E-state index contributed by atoms with van der Waals surface area (Å²) in [6.07, 6.45) is -29.7. The van der Waals surface area contributed by atoms with Crippen LogP contribution in [0.3, 0.4) is 0 Å². The number of hydrogen-bond acceptors (Lipinski definition) is 0. The summed E-state index contributed by atoms with van der Waals surface area (Å²) in [5.74, 6) is 0. The van der Waals surface area contributed by atoms with E-state index in [4.69, 9.17) is 217 Å². The number of rotatable bonds is 25. The standard InChI is InChI=1S/CHB53/c2-33(3)47(34(4)5)30(48(35(6)7)36(8)9)1(31(49(37(10)11)38(12)13)50(39(14)15)40(16)17)32(51(41(18)19)42(20)21)52(53(43(22)23)44(24)25)54(45(26)27)46(28)29/h1H. The van der Waals surface area contributed by atoms with Crippen LogP contribution in [0.15, 0.2) is 0 Å². The van der Waals surface area contributed by atoms with Gasteiger partial charge in [-0.2, -0.15) is 0 Å². The van der Waals surface area contributed by atoms with Gasteiger partial charge in [-0.25, -0.2) is 0 Å². The van der Waals surface area contributed by atoms with Gasteiger partial charge in [0.25, 0.3) is 0 Å². The van der Waals surface area contributed by atoms with Crippen molar-refractivity contribution in [3.05, 3.63) is 0 Å². The lowest BCUT2D eigenvalue weighted by atomic mass is 8.33. The van der Waals surface area contributed by atoms with Gasteiger partial charge >= 0.3 is 0 Å². The van der Waals surface area contributed by atoms with Crippen molar-refractivity contribution in [1.82, 2.24) is 0 Å². The fourth-order valence-electron chi connectivity index (χ4n) is 9.24. The van der Waals surface area contributed by atoms with Crippen molar-refractivity contribution < 1.29 is 0 Å². The van der Waals surface area contributed by atoms with Crippen molar-refractivity contribution >= 4 is 377 Å². The molecule has 0 aliphatic carbocycles. The Bertz CT molecular complexity index is 800. The molecule has 54 heavy (non-hydrogen) atoms. The van der Waals surface area contributed by atoms with Crippen molar-refractivity contribution in [2.75, 3.05) is 0 Å². The fraction of sp³-hybridized carbons (Fsp3) is 1.00. The molecule has 0 aliphatic heterocycles. The van der Waals surface area contributed by atoms with Crippen LogP contribution in [0.25, 0.3) is 0 Å². The lowest BCUT2D eigenvalue weighted by Gasteiger charge is -2.59. The van der Waals surface area contributed by atoms with Crippen LogP contribution in [-0.4, -0.2) is 377 Å². The zero-order valence-corrected chi connectivity index (χ0v) is 31.2. The van der Waals surface area contributed by atoms with Crippen LogP contribution < -0.4 is 0 Å². The van der Waals surface area contributed by atoms with Crippen LogP contribution in [-0.2, 0) is 0 Å². The van der Waals surface area contributed by atoms with E-state index < -0.39 is 166 Å². The minimum atomic E-state index is -1.44. The van der Waals surface area contributed by atoms with Gasteiger partial charge in [0.1, 0.15) is 0 Å². The molecule has 0 spiro atoms. The molecule has 0 N–H and O–H groups in total. The van der Waals surface area contributed by atoms with Crippen molar-refractivity contribution in [1.29, 1.82) is 0 Å². The maximum absolute atomic E-state index is 6.57. The Balaban J connectivity index is 9.98. The molecule has 0 saturated heterocycles. The van der Waals surface area contributed by atoms with Crippen LogP contribution in [0, 0.1) is 0 Å². The highest BCUT2D eigenvalue weighted by atomic mass is 13.7. The Hall–Kier alpha value is 3.44. The average molecular weight is 586 g/mol. The third kappa shape index (κ3) is 15.4. The Morgan fingerprint density at radius 1 is 0.148 bits per heavy atom. The average Bonchev–Trinajstić information content (AvgIpc) is 2.93. The van der Waals surface area contributed by atoms with Gasteiger partial charge in [-0.15, -0.1) is 5.62 Å². The van der Waals surface area contributed by atoms with Crippen molar-refractivity contribution in [3.8, 4) is 0 Å². The monoisotopic (exact) mass is 597 g/mol. The Morgan fingerprint density at radius 3 is 0.370 bits per heavy atom. The largest absolute Gasteiger partial charge is 0.146 e. The molecule has 0 aromatic heterocycles. The van der Waals surface area contributed by atoms with E-state index in [-0.39, 0.29) is 0 Å². The number of hydrogen-bond donors (Lipinski definition) is 0. The molecule has 0 atom stereocenters. The van der Waals surface area contributed by atoms with E-state index in [0.717, 1.165) is 0 Å². The molecule has 56 radical (unpaired) electrons. The maximum Gasteiger partial charge on any atom is 0.0294 e. The summed E-state index contributed by atoms with van der Waals surface area (Å²) in [6, 6.07) is 0. The summed E-state index contributed by atoms with van der Waals surface area (Å²) in [5, 5.41) is 0. The van der Waals surface area contributed by atoms with E-state index in [1.807, 2.05) is 0 Å². The predicted molar refractivity (Wildman–Crippen MR) is 309 cm³/mol. The summed E-state index contributed by atoms with van der Waals surface area (Å²) < 4.78 is 0. The van der Waals surface area contributed by atoms with E-state index in [1.165, 1.54) is 0 Å². The smallest absolute Gasteiger partial charge is 0.0294 e. The van der Waals surface area contributed by atoms with E-state index in [0.29, 0.717) is 0 Å². The summed E-state index contributed by atoms with van der Waals surface area (Å²) in [6.45, 7) is -4.02. The summed E-state index contributed by atoms with van der Waals surface area (Å²) in [7, 11) is 182. The second-order valence-electron chi connectivity index (χ2n) is 15.0. The first-order valence-corrected chi connectivity index (χ1v) is 17.7. The Morgan fingerprint density at radius 2 is 0.259 bits per heavy atom. The molecule has 0 aliphatic rings. The minimum Gasteiger partial charge on any atom is -0.146 e. The van der Waals surface area contributed by atoms with Gasteiger partial charge in [0, 0.05) is 377 Å². The molecule has 0 fully saturated rings. The van der Waals surface area contributed by atoms with E-state index in [9.17, 15) is 0 Å². The first-order valence-electron chi connectivity index (χ1n) is 17.7. The third-order valence-corrected chi connectivity index (χ3v) is 11.1. The maximum atomic E-state index is 6.57. The van der Waals surface area contributed by atoms with Crippen molar-refractivity contribution in [2.45, 2.75) is 5.62 Å². The molecule has 0 unspecified atom stereocenters. The highest BCUT2D eigenvalue weighted by Gasteiger charge is 2.60. The highest BCUT2D eigenvalue weighted by molar-refractivity contribution is 8.23. The van der Waals surface area contributed by atoms with Crippen LogP contribution >= 0.6 is 0 Å². The van der Waals surface area contributed by atoms with Gasteiger partial charge in [0.05, 0.1) is 0 Å². The predicted octanol–water partition coefficient (Wildman–Crippen LogP) is -19.8. The van der Waals surface area contributed by atoms with Crippen LogP contribution in [0.4, 0.5) is 0 Å². The van der Waals surface area contributed by atoms with Gasteiger partial charge in [-0.05, 0) is 0 Å². The second kappa shape index (κ2) is 26.2. The first kappa shape index (κ1) is 57.4. The van der Waals surface area contributed by atoms with Gasteiger partial charge in [0.2, 0.25) is 0 Å². The van der Waals surface area contributed by atoms with Crippen molar-refractivity contribution in [3.63, 3.8) is 0 Å². The topological polar surface area (TPSA) is 0 Å². The van der Waals surface area contributed by atoms with E-state index >= 15 is 0 Å². The Labute approximate surface area is 379 Å². The molecule has 0 rings (SSSR count). The van der Waals surface area contributed by atoms with Crippen LogP contribution in [0.1, 0.15) is 0 Å². The lowest BCUT2D eigenvalue weighted by molar-refractivity contribution is 1.80. The zero-order valence-electron chi connectivity index (χ0n) is 31.2. The van der Waals surface area contributed by atoms with Gasteiger partial charge in [-0.3, -0.25) is 0 Å². The Kier molecular flexibility index (Phi) is 27.8. The van der Waals surface area contributed by atoms with E-state index in [1.54, 1.807) is 0 Å². The second-order valence-corrected chi connectivity index (χ2v) is 15.0. The molecule has 164 valence electrons. The lowest BCUT2D eigenvalue weighted by Crippen LogP contribution is -2.90. The molecular weight excluding hydrogens is 585 g/mol. The summed E-state index contributed by atoms with van der Waals surface area (Å²) >= 11 is 0. The first-order chi connectivity index (χ1) is 24.5. The van der Waals surface area contributed by atoms with Crippen molar-refractivity contribution in [2.24, 2.45) is 0 Å². The SMILES string of the molecule is [B]B([B])B(B([B])[B])B(B(B([B])[B])B([B])[B])B(B(B([B])[B])B([B])[B])C(B(B(B([B])[B])B([B])[B])B(B([B])[B])B([B])[B])B(B(B([B])[B])B([B])[B])B(B([B])[B])B([B])[B]. The molecular formula is CHB53. The molecule has 0 heterocycles. The highest BCUT2D eigenvalue weighted by Crippen LogP contribution is 2.32. The fourth-order valence-corrected chi connectivity index (χ4v) is 9.24. The molecule has 0 bridgehead atoms. The molecule has 0 amide bonds. The van der Waals surface area contributed by atoms with Crippen LogP contribution in [0.5, 0.6) is 0 Å². The van der Waals surface area contributed by atoms with Gasteiger partial charge < -0.3 is 0 Å². The van der Waals surface area contributed by atoms with Gasteiger partial charge in [0.15, 0.2) is 0 Å². The molecule has 0 aromatic carbocycles. The quantitative estimate of drug-likeness (QED) is 0.0935. The third-order valence-electron chi connectivity index (χ3n) is 11.1. The summed E-state index contributed by atoms with van der Waals surface area (Å²) in [5.41, 5.74) is -1.39. The molecule has 0 aromatic rings. The summed E-state index contributed by atoms with van der Waals surface area (Å²) in [4.78, 5) is 0. The normalized spacial score (nSPS) is 9.87. The van der Waals surface area contributed by atoms with E-state index in [2.05, 4.69) is 0 Å². The molecule has 0 saturated carbocycles. The minimum absolute atomic E-state index is 1.24. The zero-order chi connectivity index (χ0) is 43.0. The molecule has 0 nitrogen and oxygen atoms in total.